The van der Waals surface area contributed by atoms with Gasteiger partial charge in [-0.2, -0.15) is 0 Å². The Bertz CT molecular complexity index is 1000. The highest BCUT2D eigenvalue weighted by atomic mass is 16.3. The third-order valence-corrected chi connectivity index (χ3v) is 4.59. The van der Waals surface area contributed by atoms with Crippen LogP contribution in [-0.2, 0) is 6.54 Å². The first-order valence-corrected chi connectivity index (χ1v) is 10.4. The molecule has 0 radical (unpaired) electrons. The number of hydrogen-bond donors (Lipinski definition) is 3. The van der Waals surface area contributed by atoms with Crippen LogP contribution in [0.2, 0.25) is 0 Å². The Morgan fingerprint density at radius 3 is 2.52 bits per heavy atom. The van der Waals surface area contributed by atoms with E-state index in [9.17, 15) is 4.79 Å². The van der Waals surface area contributed by atoms with Crippen molar-refractivity contribution >= 4 is 11.9 Å². The number of carbonyl (C=O) groups is 1. The first kappa shape index (κ1) is 22.1. The number of nitrogens with one attached hydrogen (secondary N) is 3. The number of amides is 1. The maximum Gasteiger partial charge on any atom is 0.287 e. The van der Waals surface area contributed by atoms with E-state index in [2.05, 4.69) is 25.9 Å². The van der Waals surface area contributed by atoms with E-state index in [0.717, 1.165) is 29.8 Å². The summed E-state index contributed by atoms with van der Waals surface area (Å²) in [6.07, 6.45) is 3.90. The minimum absolute atomic E-state index is 0.196. The Labute approximate surface area is 182 Å². The molecule has 164 valence electrons. The molecule has 8 nitrogen and oxygen atoms in total. The molecule has 3 N–H and O–H groups in total. The van der Waals surface area contributed by atoms with Crippen LogP contribution < -0.4 is 16.0 Å². The van der Waals surface area contributed by atoms with Crippen LogP contribution in [0.5, 0.6) is 0 Å². The summed E-state index contributed by atoms with van der Waals surface area (Å²) >= 11 is 0. The summed E-state index contributed by atoms with van der Waals surface area (Å²) in [7, 11) is 0. The molecule has 0 saturated carbocycles. The molecule has 0 spiro atoms. The smallest absolute Gasteiger partial charge is 0.287 e. The number of nitrogens with zero attached hydrogens (tertiary/aromatic N) is 2. The van der Waals surface area contributed by atoms with Crippen molar-refractivity contribution in [2.24, 2.45) is 4.99 Å². The lowest BCUT2D eigenvalue weighted by Gasteiger charge is -2.11. The van der Waals surface area contributed by atoms with Gasteiger partial charge >= 0.3 is 0 Å². The summed E-state index contributed by atoms with van der Waals surface area (Å²) in [5.74, 6) is 1.44. The molecule has 0 saturated heterocycles. The van der Waals surface area contributed by atoms with E-state index >= 15 is 0 Å². The number of rotatable bonds is 9. The zero-order chi connectivity index (χ0) is 22.1. The second-order valence-corrected chi connectivity index (χ2v) is 7.17. The van der Waals surface area contributed by atoms with Gasteiger partial charge in [0.15, 0.2) is 11.7 Å². The van der Waals surface area contributed by atoms with E-state index in [1.54, 1.807) is 12.3 Å². The second-order valence-electron chi connectivity index (χ2n) is 7.17. The van der Waals surface area contributed by atoms with E-state index in [1.807, 2.05) is 45.0 Å². The third-order valence-electron chi connectivity index (χ3n) is 4.59. The highest BCUT2D eigenvalue weighted by Gasteiger charge is 2.11. The largest absolute Gasteiger partial charge is 0.459 e. The monoisotopic (exact) mass is 423 g/mol. The minimum atomic E-state index is -0.196. The predicted octanol–water partition coefficient (Wildman–Crippen LogP) is 3.43. The molecule has 1 amide bonds. The molecule has 0 fully saturated rings. The molecular weight excluding hydrogens is 394 g/mol. The molecular formula is C23H29N5O3. The fourth-order valence-electron chi connectivity index (χ4n) is 2.89. The molecule has 31 heavy (non-hydrogen) atoms. The van der Waals surface area contributed by atoms with Crippen molar-refractivity contribution in [3.05, 3.63) is 65.4 Å². The van der Waals surface area contributed by atoms with Crippen molar-refractivity contribution < 1.29 is 13.6 Å². The standard InChI is InChI=1S/C23H29N5O3/c1-4-24-23(26-12-5-11-25-21(29)20-17(3)10-13-30-20)27-14-19-15-31-22(28-19)18-8-6-16(2)7-9-18/h6-10,13,15H,4-5,11-12,14H2,1-3H3,(H,25,29)(H2,24,26,27). The molecule has 3 aromatic rings. The van der Waals surface area contributed by atoms with E-state index < -0.39 is 0 Å². The number of aromatic nitrogens is 1. The summed E-state index contributed by atoms with van der Waals surface area (Å²) in [5.41, 5.74) is 3.72. The van der Waals surface area contributed by atoms with Crippen molar-refractivity contribution in [1.29, 1.82) is 0 Å². The second kappa shape index (κ2) is 11.0. The van der Waals surface area contributed by atoms with Crippen LogP contribution in [0.1, 0.15) is 40.7 Å². The molecule has 8 heteroatoms. The van der Waals surface area contributed by atoms with Gasteiger partial charge in [0, 0.05) is 30.8 Å². The molecule has 0 bridgehead atoms. The van der Waals surface area contributed by atoms with Gasteiger partial charge in [-0.25, -0.2) is 9.98 Å². The van der Waals surface area contributed by atoms with Gasteiger partial charge in [0.25, 0.3) is 5.91 Å². The van der Waals surface area contributed by atoms with Crippen molar-refractivity contribution in [3.8, 4) is 11.5 Å². The van der Waals surface area contributed by atoms with Crippen molar-refractivity contribution in [2.75, 3.05) is 19.6 Å². The fraction of sp³-hybridized carbons (Fsp3) is 0.348. The lowest BCUT2D eigenvalue weighted by Crippen LogP contribution is -2.38. The van der Waals surface area contributed by atoms with Crippen LogP contribution in [0.25, 0.3) is 11.5 Å². The Hall–Kier alpha value is -3.55. The van der Waals surface area contributed by atoms with Gasteiger partial charge < -0.3 is 24.8 Å². The van der Waals surface area contributed by atoms with Gasteiger partial charge in [0.1, 0.15) is 12.0 Å². The van der Waals surface area contributed by atoms with Gasteiger partial charge in [-0.1, -0.05) is 17.7 Å². The van der Waals surface area contributed by atoms with E-state index in [-0.39, 0.29) is 5.91 Å². The number of oxazole rings is 1. The van der Waals surface area contributed by atoms with Crippen LogP contribution in [-0.4, -0.2) is 36.5 Å². The number of guanidine groups is 1. The summed E-state index contributed by atoms with van der Waals surface area (Å²) < 4.78 is 10.8. The molecule has 0 atom stereocenters. The molecule has 0 aliphatic carbocycles. The first-order chi connectivity index (χ1) is 15.1. The first-order valence-electron chi connectivity index (χ1n) is 10.4. The average Bonchev–Trinajstić information content (AvgIpc) is 3.41. The zero-order valence-electron chi connectivity index (χ0n) is 18.2. The van der Waals surface area contributed by atoms with Gasteiger partial charge in [-0.05, 0) is 45.4 Å². The predicted molar refractivity (Wildman–Crippen MR) is 120 cm³/mol. The minimum Gasteiger partial charge on any atom is -0.459 e. The molecule has 0 aliphatic rings. The van der Waals surface area contributed by atoms with Crippen LogP contribution in [0, 0.1) is 13.8 Å². The fourth-order valence-corrected chi connectivity index (χ4v) is 2.89. The van der Waals surface area contributed by atoms with Crippen LogP contribution in [0.15, 0.2) is 56.7 Å². The van der Waals surface area contributed by atoms with Crippen molar-refractivity contribution in [3.63, 3.8) is 0 Å². The lowest BCUT2D eigenvalue weighted by atomic mass is 10.1. The molecule has 1 aromatic carbocycles. The van der Waals surface area contributed by atoms with Crippen molar-refractivity contribution in [2.45, 2.75) is 33.7 Å². The topological polar surface area (TPSA) is 105 Å². The summed E-state index contributed by atoms with van der Waals surface area (Å²) in [5, 5.41) is 9.32. The normalized spacial score (nSPS) is 11.4. The van der Waals surface area contributed by atoms with Gasteiger partial charge in [-0.15, -0.1) is 0 Å². The quantitative estimate of drug-likeness (QED) is 0.277. The van der Waals surface area contributed by atoms with Crippen LogP contribution in [0.3, 0.4) is 0 Å². The van der Waals surface area contributed by atoms with Crippen molar-refractivity contribution in [1.82, 2.24) is 20.9 Å². The summed E-state index contributed by atoms with van der Waals surface area (Å²) in [6.45, 7) is 8.24. The Morgan fingerprint density at radius 1 is 1.03 bits per heavy atom. The average molecular weight is 424 g/mol. The number of furan rings is 1. The maximum atomic E-state index is 12.0. The zero-order valence-corrected chi connectivity index (χ0v) is 18.2. The summed E-state index contributed by atoms with van der Waals surface area (Å²) in [6, 6.07) is 9.82. The highest BCUT2D eigenvalue weighted by Crippen LogP contribution is 2.19. The van der Waals surface area contributed by atoms with E-state index in [4.69, 9.17) is 8.83 Å². The number of hydrogen-bond acceptors (Lipinski definition) is 5. The molecule has 2 aromatic heterocycles. The SMILES string of the molecule is CCNC(=NCc1coc(-c2ccc(C)cc2)n1)NCCCNC(=O)c1occc1C. The van der Waals surface area contributed by atoms with Gasteiger partial charge in [0.2, 0.25) is 5.89 Å². The van der Waals surface area contributed by atoms with Gasteiger partial charge in [-0.3, -0.25) is 4.79 Å². The highest BCUT2D eigenvalue weighted by molar-refractivity contribution is 5.92. The molecule has 0 unspecified atom stereocenters. The summed E-state index contributed by atoms with van der Waals surface area (Å²) in [4.78, 5) is 21.1. The third kappa shape index (κ3) is 6.47. The molecule has 0 aliphatic heterocycles. The number of benzene rings is 1. The molecule has 3 rings (SSSR count). The Kier molecular flexibility index (Phi) is 7.86. The molecule has 2 heterocycles. The Balaban J connectivity index is 1.45. The van der Waals surface area contributed by atoms with Crippen LogP contribution >= 0.6 is 0 Å². The van der Waals surface area contributed by atoms with Gasteiger partial charge in [0.05, 0.1) is 12.8 Å². The number of aryl methyl sites for hydroxylation is 2. The maximum absolute atomic E-state index is 12.0. The number of aliphatic imine (C=N–C) groups is 1. The van der Waals surface area contributed by atoms with E-state index in [0.29, 0.717) is 37.2 Å². The lowest BCUT2D eigenvalue weighted by molar-refractivity contribution is 0.0925. The Morgan fingerprint density at radius 2 is 1.81 bits per heavy atom. The number of carbonyl (C=O) groups excluding carboxylic acids is 1. The van der Waals surface area contributed by atoms with Crippen LogP contribution in [0.4, 0.5) is 0 Å². The van der Waals surface area contributed by atoms with E-state index in [1.165, 1.54) is 11.8 Å².